The van der Waals surface area contributed by atoms with E-state index in [1.165, 1.54) is 0 Å². The highest BCUT2D eigenvalue weighted by Crippen LogP contribution is 2.18. The molecule has 8 heteroatoms. The van der Waals surface area contributed by atoms with E-state index in [4.69, 9.17) is 4.74 Å². The quantitative estimate of drug-likeness (QED) is 0.667. The molecular weight excluding hydrogens is 346 g/mol. The van der Waals surface area contributed by atoms with Gasteiger partial charge in [0.05, 0.1) is 24.6 Å². The first-order valence-electron chi connectivity index (χ1n) is 8.60. The number of rotatable bonds is 7. The fourth-order valence-corrected chi connectivity index (χ4v) is 2.49. The SMILES string of the molecule is CC(C)n1ncc2cc(NC(=O)CNC(=O)COc3ccccc3)cnc21. The second-order valence-corrected chi connectivity index (χ2v) is 6.25. The largest absolute Gasteiger partial charge is 0.484 e. The smallest absolute Gasteiger partial charge is 0.258 e. The Labute approximate surface area is 156 Å². The molecule has 2 N–H and O–H groups in total. The Morgan fingerprint density at radius 1 is 1.15 bits per heavy atom. The first-order valence-corrected chi connectivity index (χ1v) is 8.60. The zero-order valence-corrected chi connectivity index (χ0v) is 15.2. The van der Waals surface area contributed by atoms with Crippen LogP contribution in [0.25, 0.3) is 11.0 Å². The number of benzene rings is 1. The number of para-hydroxylation sites is 1. The fourth-order valence-electron chi connectivity index (χ4n) is 2.49. The van der Waals surface area contributed by atoms with E-state index in [1.807, 2.05) is 36.7 Å². The number of amides is 2. The maximum absolute atomic E-state index is 12.0. The zero-order chi connectivity index (χ0) is 19.2. The van der Waals surface area contributed by atoms with Crippen LogP contribution < -0.4 is 15.4 Å². The van der Waals surface area contributed by atoms with Crippen LogP contribution in [0.4, 0.5) is 5.69 Å². The highest BCUT2D eigenvalue weighted by molar-refractivity contribution is 5.95. The van der Waals surface area contributed by atoms with Crippen molar-refractivity contribution in [2.24, 2.45) is 0 Å². The number of aromatic nitrogens is 3. The van der Waals surface area contributed by atoms with Crippen LogP contribution in [-0.4, -0.2) is 39.7 Å². The van der Waals surface area contributed by atoms with Crippen molar-refractivity contribution in [3.8, 4) is 5.75 Å². The summed E-state index contributed by atoms with van der Waals surface area (Å²) in [4.78, 5) is 28.2. The molecule has 0 saturated heterocycles. The molecule has 0 aliphatic carbocycles. The minimum atomic E-state index is -0.374. The second-order valence-electron chi connectivity index (χ2n) is 6.25. The van der Waals surface area contributed by atoms with Gasteiger partial charge in [-0.15, -0.1) is 0 Å². The Kier molecular flexibility index (Phi) is 5.65. The summed E-state index contributed by atoms with van der Waals surface area (Å²) in [5, 5.41) is 10.3. The van der Waals surface area contributed by atoms with Crippen LogP contribution in [0.2, 0.25) is 0 Å². The summed E-state index contributed by atoms with van der Waals surface area (Å²) in [5.41, 5.74) is 1.31. The second kappa shape index (κ2) is 8.31. The molecule has 0 aliphatic rings. The van der Waals surface area contributed by atoms with Crippen LogP contribution >= 0.6 is 0 Å². The zero-order valence-electron chi connectivity index (χ0n) is 15.2. The van der Waals surface area contributed by atoms with E-state index in [0.29, 0.717) is 11.4 Å². The summed E-state index contributed by atoms with van der Waals surface area (Å²) in [7, 11) is 0. The van der Waals surface area contributed by atoms with Gasteiger partial charge in [0, 0.05) is 11.4 Å². The number of anilines is 1. The van der Waals surface area contributed by atoms with Gasteiger partial charge in [0.1, 0.15) is 5.75 Å². The molecule has 8 nitrogen and oxygen atoms in total. The van der Waals surface area contributed by atoms with Crippen LogP contribution in [-0.2, 0) is 9.59 Å². The van der Waals surface area contributed by atoms with Crippen LogP contribution in [0.3, 0.4) is 0 Å². The van der Waals surface area contributed by atoms with Gasteiger partial charge >= 0.3 is 0 Å². The average molecular weight is 367 g/mol. The molecule has 2 heterocycles. The minimum absolute atomic E-state index is 0.153. The maximum atomic E-state index is 12.0. The molecule has 0 unspecified atom stereocenters. The van der Waals surface area contributed by atoms with Gasteiger partial charge in [-0.2, -0.15) is 5.10 Å². The van der Waals surface area contributed by atoms with Crippen LogP contribution in [0.1, 0.15) is 19.9 Å². The van der Waals surface area contributed by atoms with Crippen molar-refractivity contribution in [3.05, 3.63) is 48.8 Å². The van der Waals surface area contributed by atoms with E-state index < -0.39 is 0 Å². The molecular formula is C19H21N5O3. The minimum Gasteiger partial charge on any atom is -0.484 e. The Morgan fingerprint density at radius 3 is 2.67 bits per heavy atom. The highest BCUT2D eigenvalue weighted by Gasteiger charge is 2.10. The van der Waals surface area contributed by atoms with Crippen molar-refractivity contribution in [1.29, 1.82) is 0 Å². The van der Waals surface area contributed by atoms with Gasteiger partial charge < -0.3 is 15.4 Å². The molecule has 0 aliphatic heterocycles. The molecule has 0 atom stereocenters. The summed E-state index contributed by atoms with van der Waals surface area (Å²) in [6.45, 7) is 3.74. The lowest BCUT2D eigenvalue weighted by Gasteiger charge is -2.09. The van der Waals surface area contributed by atoms with E-state index in [1.54, 1.807) is 30.6 Å². The van der Waals surface area contributed by atoms with Crippen LogP contribution in [0.15, 0.2) is 48.8 Å². The molecule has 2 amide bonds. The third kappa shape index (κ3) is 4.81. The van der Waals surface area contributed by atoms with Crippen LogP contribution in [0.5, 0.6) is 5.75 Å². The summed E-state index contributed by atoms with van der Waals surface area (Å²) in [5.74, 6) is -0.125. The topological polar surface area (TPSA) is 98.1 Å². The number of pyridine rings is 1. The lowest BCUT2D eigenvalue weighted by molar-refractivity contribution is -0.125. The molecule has 140 valence electrons. The van der Waals surface area contributed by atoms with Gasteiger partial charge in [-0.05, 0) is 32.0 Å². The van der Waals surface area contributed by atoms with Crippen molar-refractivity contribution in [2.45, 2.75) is 19.9 Å². The van der Waals surface area contributed by atoms with E-state index in [9.17, 15) is 9.59 Å². The molecule has 1 aromatic carbocycles. The predicted octanol–water partition coefficient (Wildman–Crippen LogP) is 2.15. The number of nitrogens with one attached hydrogen (secondary N) is 2. The monoisotopic (exact) mass is 367 g/mol. The molecule has 0 radical (unpaired) electrons. The number of carbonyl (C=O) groups is 2. The standard InChI is InChI=1S/C19H21N5O3/c1-13(2)24-19-14(9-22-24)8-15(10-21-19)23-17(25)11-20-18(26)12-27-16-6-4-3-5-7-16/h3-10,13H,11-12H2,1-2H3,(H,20,26)(H,23,25). The first-order chi connectivity index (χ1) is 13.0. The van der Waals surface area contributed by atoms with E-state index in [2.05, 4.69) is 20.7 Å². The van der Waals surface area contributed by atoms with Gasteiger partial charge in [-0.25, -0.2) is 9.67 Å². The van der Waals surface area contributed by atoms with Crippen molar-refractivity contribution in [2.75, 3.05) is 18.5 Å². The summed E-state index contributed by atoms with van der Waals surface area (Å²) >= 11 is 0. The number of fused-ring (bicyclic) bond motifs is 1. The van der Waals surface area contributed by atoms with Gasteiger partial charge in [0.25, 0.3) is 5.91 Å². The van der Waals surface area contributed by atoms with Gasteiger partial charge in [-0.3, -0.25) is 9.59 Å². The number of nitrogens with zero attached hydrogens (tertiary/aromatic N) is 3. The van der Waals surface area contributed by atoms with Crippen molar-refractivity contribution >= 4 is 28.5 Å². The molecule has 27 heavy (non-hydrogen) atoms. The van der Waals surface area contributed by atoms with Gasteiger partial charge in [-0.1, -0.05) is 18.2 Å². The summed E-state index contributed by atoms with van der Waals surface area (Å²) in [6, 6.07) is 11.0. The Balaban J connectivity index is 1.49. The summed E-state index contributed by atoms with van der Waals surface area (Å²) in [6.07, 6.45) is 3.28. The summed E-state index contributed by atoms with van der Waals surface area (Å²) < 4.78 is 7.14. The van der Waals surface area contributed by atoms with Crippen molar-refractivity contribution in [1.82, 2.24) is 20.1 Å². The van der Waals surface area contributed by atoms with E-state index in [-0.39, 0.29) is 31.0 Å². The molecule has 2 aromatic heterocycles. The first kappa shape index (κ1) is 18.4. The lowest BCUT2D eigenvalue weighted by atomic mass is 10.3. The fraction of sp³-hybridized carbons (Fsp3) is 0.263. The third-order valence-corrected chi connectivity index (χ3v) is 3.77. The number of ether oxygens (including phenoxy) is 1. The number of carbonyl (C=O) groups excluding carboxylic acids is 2. The maximum Gasteiger partial charge on any atom is 0.258 e. The number of hydrogen-bond acceptors (Lipinski definition) is 5. The van der Waals surface area contributed by atoms with Gasteiger partial charge in [0.15, 0.2) is 12.3 Å². The molecule has 0 saturated carbocycles. The molecule has 3 rings (SSSR count). The lowest BCUT2D eigenvalue weighted by Crippen LogP contribution is -2.35. The van der Waals surface area contributed by atoms with Crippen molar-refractivity contribution < 1.29 is 14.3 Å². The van der Waals surface area contributed by atoms with E-state index in [0.717, 1.165) is 11.0 Å². The van der Waals surface area contributed by atoms with Gasteiger partial charge in [0.2, 0.25) is 5.91 Å². The Bertz CT molecular complexity index is 937. The normalized spacial score (nSPS) is 10.8. The molecule has 0 spiro atoms. The predicted molar refractivity (Wildman–Crippen MR) is 101 cm³/mol. The Morgan fingerprint density at radius 2 is 1.93 bits per heavy atom. The van der Waals surface area contributed by atoms with E-state index >= 15 is 0 Å². The molecule has 0 bridgehead atoms. The molecule has 3 aromatic rings. The van der Waals surface area contributed by atoms with Crippen molar-refractivity contribution in [3.63, 3.8) is 0 Å². The highest BCUT2D eigenvalue weighted by atomic mass is 16.5. The molecule has 0 fully saturated rings. The van der Waals surface area contributed by atoms with Crippen LogP contribution in [0, 0.1) is 0 Å². The third-order valence-electron chi connectivity index (χ3n) is 3.77. The Hall–Kier alpha value is -3.42. The average Bonchev–Trinajstić information content (AvgIpc) is 3.09. The number of hydrogen-bond donors (Lipinski definition) is 2.